The summed E-state index contributed by atoms with van der Waals surface area (Å²) in [4.78, 5) is 28.9. The van der Waals surface area contributed by atoms with Crippen LogP contribution in [-0.4, -0.2) is 43.8 Å². The molecule has 0 radical (unpaired) electrons. The topological polar surface area (TPSA) is 86.8 Å². The fourth-order valence-corrected chi connectivity index (χ4v) is 6.31. The number of halogens is 3. The molecule has 7 nitrogen and oxygen atoms in total. The summed E-state index contributed by atoms with van der Waals surface area (Å²) in [7, 11) is -4.15. The molecule has 0 aliphatic heterocycles. The number of anilines is 1. The quantitative estimate of drug-likeness (QED) is 0.223. The van der Waals surface area contributed by atoms with Crippen LogP contribution in [0.5, 0.6) is 0 Å². The Hall–Kier alpha value is -2.59. The third kappa shape index (κ3) is 8.47. The lowest BCUT2D eigenvalue weighted by Gasteiger charge is -2.33. The summed E-state index contributed by atoms with van der Waals surface area (Å²) in [5.74, 6) is -0.858. The van der Waals surface area contributed by atoms with E-state index in [1.807, 2.05) is 27.7 Å². The summed E-state index contributed by atoms with van der Waals surface area (Å²) in [6.07, 6.45) is 1.03. The van der Waals surface area contributed by atoms with Crippen LogP contribution in [0.2, 0.25) is 10.0 Å². The summed E-state index contributed by atoms with van der Waals surface area (Å²) >= 11 is 15.8. The van der Waals surface area contributed by atoms with E-state index >= 15 is 0 Å². The average molecular weight is 683 g/mol. The molecule has 1 N–H and O–H groups in total. The van der Waals surface area contributed by atoms with Gasteiger partial charge in [-0.3, -0.25) is 13.9 Å². The predicted molar refractivity (Wildman–Crippen MR) is 169 cm³/mol. The van der Waals surface area contributed by atoms with Crippen molar-refractivity contribution in [2.24, 2.45) is 0 Å². The summed E-state index contributed by atoms with van der Waals surface area (Å²) in [5, 5.41) is 3.63. The molecule has 220 valence electrons. The van der Waals surface area contributed by atoms with Gasteiger partial charge < -0.3 is 10.2 Å². The Kier molecular flexibility index (Phi) is 11.7. The van der Waals surface area contributed by atoms with Gasteiger partial charge in [-0.1, -0.05) is 82.8 Å². The van der Waals surface area contributed by atoms with E-state index in [1.165, 1.54) is 17.0 Å². The maximum Gasteiger partial charge on any atom is 0.264 e. The predicted octanol–water partition coefficient (Wildman–Crippen LogP) is 6.98. The highest BCUT2D eigenvalue weighted by Crippen LogP contribution is 2.28. The molecule has 0 aliphatic rings. The molecule has 2 amide bonds. The highest BCUT2D eigenvalue weighted by Gasteiger charge is 2.34. The number of benzene rings is 3. The molecule has 0 saturated carbocycles. The van der Waals surface area contributed by atoms with Crippen molar-refractivity contribution in [3.8, 4) is 0 Å². The SMILES string of the molecule is CC[C@@H](C)NC(=O)[C@@H](CC)N(Cc1ccc(Cl)c(Cl)c1)C(=O)CN(c1cccc(Br)c1)S(=O)(=O)c1ccc(C)cc1. The summed E-state index contributed by atoms with van der Waals surface area (Å²) in [6, 6.07) is 17.2. The molecule has 11 heteroatoms. The molecule has 0 bridgehead atoms. The second kappa shape index (κ2) is 14.5. The van der Waals surface area contributed by atoms with Crippen molar-refractivity contribution in [1.82, 2.24) is 10.2 Å². The Bertz CT molecular complexity index is 1490. The number of rotatable bonds is 12. The Morgan fingerprint density at radius 1 is 0.951 bits per heavy atom. The van der Waals surface area contributed by atoms with E-state index in [4.69, 9.17) is 23.2 Å². The first kappa shape index (κ1) is 32.9. The molecule has 0 fully saturated rings. The van der Waals surface area contributed by atoms with Gasteiger partial charge in [-0.15, -0.1) is 0 Å². The van der Waals surface area contributed by atoms with Gasteiger partial charge in [0.2, 0.25) is 11.8 Å². The number of aryl methyl sites for hydroxylation is 1. The molecule has 0 heterocycles. The monoisotopic (exact) mass is 681 g/mol. The van der Waals surface area contributed by atoms with Gasteiger partial charge in [-0.05, 0) is 74.7 Å². The molecule has 0 saturated heterocycles. The smallest absolute Gasteiger partial charge is 0.264 e. The van der Waals surface area contributed by atoms with Crippen molar-refractivity contribution in [2.75, 3.05) is 10.8 Å². The molecular weight excluding hydrogens is 649 g/mol. The summed E-state index contributed by atoms with van der Waals surface area (Å²) < 4.78 is 29.6. The first-order valence-corrected chi connectivity index (χ1v) is 16.2. The minimum absolute atomic E-state index is 0.0268. The maximum absolute atomic E-state index is 14.1. The zero-order valence-corrected chi connectivity index (χ0v) is 27.3. The van der Waals surface area contributed by atoms with E-state index in [0.717, 1.165) is 9.87 Å². The molecule has 0 unspecified atom stereocenters. The second-order valence-corrected chi connectivity index (χ2v) is 13.4. The second-order valence-electron chi connectivity index (χ2n) is 9.82. The summed E-state index contributed by atoms with van der Waals surface area (Å²) in [6.45, 7) is 7.02. The van der Waals surface area contributed by atoms with Crippen molar-refractivity contribution >= 4 is 66.7 Å². The van der Waals surface area contributed by atoms with Crippen LogP contribution in [0.1, 0.15) is 44.7 Å². The Labute approximate surface area is 261 Å². The highest BCUT2D eigenvalue weighted by atomic mass is 79.9. The first-order chi connectivity index (χ1) is 19.4. The summed E-state index contributed by atoms with van der Waals surface area (Å²) in [5.41, 5.74) is 1.86. The Morgan fingerprint density at radius 2 is 1.63 bits per heavy atom. The number of hydrogen-bond acceptors (Lipinski definition) is 4. The van der Waals surface area contributed by atoms with Crippen LogP contribution in [0, 0.1) is 6.92 Å². The van der Waals surface area contributed by atoms with Crippen LogP contribution in [0.25, 0.3) is 0 Å². The van der Waals surface area contributed by atoms with Gasteiger partial charge in [0, 0.05) is 17.1 Å². The van der Waals surface area contributed by atoms with Crippen molar-refractivity contribution in [3.05, 3.63) is 92.4 Å². The van der Waals surface area contributed by atoms with Crippen LogP contribution in [0.15, 0.2) is 76.1 Å². The zero-order chi connectivity index (χ0) is 30.3. The number of hydrogen-bond donors (Lipinski definition) is 1. The van der Waals surface area contributed by atoms with Crippen molar-refractivity contribution < 1.29 is 18.0 Å². The Balaban J connectivity index is 2.08. The largest absolute Gasteiger partial charge is 0.352 e. The number of carbonyl (C=O) groups is 2. The van der Waals surface area contributed by atoms with Crippen LogP contribution < -0.4 is 9.62 Å². The number of nitrogens with zero attached hydrogens (tertiary/aromatic N) is 2. The van der Waals surface area contributed by atoms with Crippen LogP contribution in [-0.2, 0) is 26.2 Å². The van der Waals surface area contributed by atoms with Gasteiger partial charge in [0.1, 0.15) is 12.6 Å². The van der Waals surface area contributed by atoms with Gasteiger partial charge in [-0.2, -0.15) is 0 Å². The van der Waals surface area contributed by atoms with E-state index < -0.39 is 28.5 Å². The van der Waals surface area contributed by atoms with Crippen LogP contribution in [0.3, 0.4) is 0 Å². The minimum atomic E-state index is -4.15. The lowest BCUT2D eigenvalue weighted by molar-refractivity contribution is -0.140. The standard InChI is InChI=1S/C30H34BrCl2N3O4S/c1-5-21(4)34-30(38)28(6-2)35(18-22-12-15-26(32)27(33)16-22)29(37)19-36(24-9-7-8-23(31)17-24)41(39,40)25-13-10-20(3)11-14-25/h7-17,21,28H,5-6,18-19H2,1-4H3,(H,34,38)/t21-,28-/m1/s1. The molecule has 41 heavy (non-hydrogen) atoms. The van der Waals surface area contributed by atoms with Gasteiger partial charge >= 0.3 is 0 Å². The molecule has 0 spiro atoms. The van der Waals surface area contributed by atoms with E-state index in [2.05, 4.69) is 21.2 Å². The van der Waals surface area contributed by atoms with Crippen LogP contribution >= 0.6 is 39.1 Å². The highest BCUT2D eigenvalue weighted by molar-refractivity contribution is 9.10. The van der Waals surface area contributed by atoms with E-state index in [1.54, 1.807) is 54.6 Å². The molecule has 0 aromatic heterocycles. The van der Waals surface area contributed by atoms with Gasteiger partial charge in [0.05, 0.1) is 20.6 Å². The van der Waals surface area contributed by atoms with Crippen molar-refractivity contribution in [2.45, 2.75) is 64.1 Å². The van der Waals surface area contributed by atoms with E-state index in [-0.39, 0.29) is 23.4 Å². The fourth-order valence-electron chi connectivity index (χ4n) is 4.19. The molecule has 3 aromatic rings. The first-order valence-electron chi connectivity index (χ1n) is 13.3. The van der Waals surface area contributed by atoms with Gasteiger partial charge in [0.25, 0.3) is 10.0 Å². The number of amides is 2. The average Bonchev–Trinajstić information content (AvgIpc) is 2.93. The molecule has 0 aliphatic carbocycles. The van der Waals surface area contributed by atoms with Crippen molar-refractivity contribution in [1.29, 1.82) is 0 Å². The van der Waals surface area contributed by atoms with Gasteiger partial charge in [-0.25, -0.2) is 8.42 Å². The van der Waals surface area contributed by atoms with Crippen molar-refractivity contribution in [3.63, 3.8) is 0 Å². The van der Waals surface area contributed by atoms with Gasteiger partial charge in [0.15, 0.2) is 0 Å². The Morgan fingerprint density at radius 3 is 2.22 bits per heavy atom. The van der Waals surface area contributed by atoms with E-state index in [0.29, 0.717) is 38.6 Å². The van der Waals surface area contributed by atoms with Crippen LogP contribution in [0.4, 0.5) is 5.69 Å². The molecular formula is C30H34BrCl2N3O4S. The normalized spacial score (nSPS) is 12.9. The molecule has 3 rings (SSSR count). The lowest BCUT2D eigenvalue weighted by Crippen LogP contribution is -2.53. The zero-order valence-electron chi connectivity index (χ0n) is 23.4. The third-order valence-corrected chi connectivity index (χ3v) is 9.73. The number of carbonyl (C=O) groups excluding carboxylic acids is 2. The third-order valence-electron chi connectivity index (χ3n) is 6.71. The fraction of sp³-hybridized carbons (Fsp3) is 0.333. The van der Waals surface area contributed by atoms with E-state index in [9.17, 15) is 18.0 Å². The lowest BCUT2D eigenvalue weighted by atomic mass is 10.1. The number of nitrogens with one attached hydrogen (secondary N) is 1. The molecule has 2 atom stereocenters. The maximum atomic E-state index is 14.1. The molecule has 3 aromatic carbocycles. The minimum Gasteiger partial charge on any atom is -0.352 e. The number of sulfonamides is 1.